The predicted octanol–water partition coefficient (Wildman–Crippen LogP) is 3.28. The number of nitrogens with zero attached hydrogens (tertiary/aromatic N) is 4. The summed E-state index contributed by atoms with van der Waals surface area (Å²) in [6.45, 7) is 4.05. The maximum atomic E-state index is 13.7. The average molecular weight is 450 g/mol. The summed E-state index contributed by atoms with van der Waals surface area (Å²) >= 11 is 0. The molecule has 1 atom stereocenters. The Kier molecular flexibility index (Phi) is 5.72. The van der Waals surface area contributed by atoms with Gasteiger partial charge in [0.25, 0.3) is 5.56 Å². The number of carbonyl (C=O) groups is 1. The third kappa shape index (κ3) is 4.16. The standard InChI is InChI=1S/C24H27N5O4/c1-15-4-2-3-5-19(15)20-12-16-13-25-23(26-17-6-9-28(10-7-17)24(31)32)27-21(16)29(22(20)30)18-8-11-33-14-18/h2-5,12-13,17-18H,6-11,14H2,1H3,(H,31,32)(H,25,26,27). The van der Waals surface area contributed by atoms with E-state index in [0.29, 0.717) is 56.3 Å². The van der Waals surface area contributed by atoms with Gasteiger partial charge in [0.15, 0.2) is 0 Å². The number of aryl methyl sites for hydroxylation is 1. The van der Waals surface area contributed by atoms with Crippen molar-refractivity contribution in [3.8, 4) is 11.1 Å². The van der Waals surface area contributed by atoms with Crippen molar-refractivity contribution in [1.29, 1.82) is 0 Å². The number of rotatable bonds is 4. The van der Waals surface area contributed by atoms with E-state index >= 15 is 0 Å². The van der Waals surface area contributed by atoms with Crippen molar-refractivity contribution in [2.45, 2.75) is 38.3 Å². The van der Waals surface area contributed by atoms with Crippen molar-refractivity contribution in [1.82, 2.24) is 19.4 Å². The molecule has 2 saturated heterocycles. The molecule has 2 aliphatic rings. The van der Waals surface area contributed by atoms with Crippen molar-refractivity contribution >= 4 is 23.1 Å². The zero-order valence-corrected chi connectivity index (χ0v) is 18.5. The molecule has 1 aromatic carbocycles. The Morgan fingerprint density at radius 3 is 2.67 bits per heavy atom. The Labute approximate surface area is 191 Å². The second-order valence-electron chi connectivity index (χ2n) is 8.73. The molecule has 0 spiro atoms. The SMILES string of the molecule is Cc1ccccc1-c1cc2cnc(NC3CCN(C(=O)O)CC3)nc2n(C2CCOC2)c1=O. The van der Waals surface area contributed by atoms with E-state index in [4.69, 9.17) is 14.8 Å². The first-order chi connectivity index (χ1) is 16.0. The summed E-state index contributed by atoms with van der Waals surface area (Å²) in [4.78, 5) is 35.5. The maximum absolute atomic E-state index is 13.7. The highest BCUT2D eigenvalue weighted by molar-refractivity contribution is 5.82. The van der Waals surface area contributed by atoms with Crippen LogP contribution in [0.25, 0.3) is 22.2 Å². The molecule has 0 radical (unpaired) electrons. The molecule has 33 heavy (non-hydrogen) atoms. The van der Waals surface area contributed by atoms with E-state index in [1.165, 1.54) is 4.90 Å². The van der Waals surface area contributed by atoms with E-state index in [-0.39, 0.29) is 17.6 Å². The molecular weight excluding hydrogens is 422 g/mol. The Morgan fingerprint density at radius 1 is 1.18 bits per heavy atom. The minimum absolute atomic E-state index is 0.0771. The summed E-state index contributed by atoms with van der Waals surface area (Å²) in [7, 11) is 0. The second-order valence-corrected chi connectivity index (χ2v) is 8.73. The zero-order chi connectivity index (χ0) is 22.9. The maximum Gasteiger partial charge on any atom is 0.407 e. The first kappa shape index (κ1) is 21.4. The Hall–Kier alpha value is -3.46. The number of hydrogen-bond acceptors (Lipinski definition) is 6. The Balaban J connectivity index is 1.53. The molecule has 2 fully saturated rings. The number of benzene rings is 1. The van der Waals surface area contributed by atoms with E-state index in [2.05, 4.69) is 10.3 Å². The lowest BCUT2D eigenvalue weighted by atomic mass is 10.0. The molecule has 4 heterocycles. The number of likely N-dealkylation sites (tertiary alicyclic amines) is 1. The lowest BCUT2D eigenvalue weighted by Gasteiger charge is -2.30. The van der Waals surface area contributed by atoms with Gasteiger partial charge in [-0.15, -0.1) is 0 Å². The zero-order valence-electron chi connectivity index (χ0n) is 18.5. The quantitative estimate of drug-likeness (QED) is 0.629. The van der Waals surface area contributed by atoms with Crippen molar-refractivity contribution in [2.24, 2.45) is 0 Å². The summed E-state index contributed by atoms with van der Waals surface area (Å²) in [6, 6.07) is 9.75. The Bertz CT molecular complexity index is 1240. The topological polar surface area (TPSA) is 110 Å². The third-order valence-electron chi connectivity index (χ3n) is 6.58. The summed E-state index contributed by atoms with van der Waals surface area (Å²) < 4.78 is 7.36. The van der Waals surface area contributed by atoms with Gasteiger partial charge in [0.1, 0.15) is 5.65 Å². The van der Waals surface area contributed by atoms with Gasteiger partial charge in [-0.2, -0.15) is 4.98 Å². The molecule has 2 aromatic heterocycles. The summed E-state index contributed by atoms with van der Waals surface area (Å²) in [5, 5.41) is 13.3. The fourth-order valence-electron chi connectivity index (χ4n) is 4.72. The van der Waals surface area contributed by atoms with Crippen LogP contribution in [-0.4, -0.2) is 63.0 Å². The van der Waals surface area contributed by atoms with Gasteiger partial charge < -0.3 is 20.1 Å². The van der Waals surface area contributed by atoms with Crippen LogP contribution < -0.4 is 10.9 Å². The molecule has 0 aliphatic carbocycles. The van der Waals surface area contributed by atoms with Crippen LogP contribution in [0, 0.1) is 6.92 Å². The van der Waals surface area contributed by atoms with Crippen LogP contribution in [0.15, 0.2) is 41.3 Å². The first-order valence-electron chi connectivity index (χ1n) is 11.3. The van der Waals surface area contributed by atoms with Crippen molar-refractivity contribution in [2.75, 3.05) is 31.6 Å². The van der Waals surface area contributed by atoms with E-state index in [1.54, 1.807) is 10.8 Å². The van der Waals surface area contributed by atoms with Crippen LogP contribution in [0.2, 0.25) is 0 Å². The van der Waals surface area contributed by atoms with Gasteiger partial charge in [0.2, 0.25) is 5.95 Å². The molecule has 0 bridgehead atoms. The highest BCUT2D eigenvalue weighted by Crippen LogP contribution is 2.28. The second kappa shape index (κ2) is 8.82. The molecule has 2 aliphatic heterocycles. The minimum atomic E-state index is -0.886. The van der Waals surface area contributed by atoms with Crippen molar-refractivity contribution in [3.63, 3.8) is 0 Å². The van der Waals surface area contributed by atoms with Crippen LogP contribution in [0.3, 0.4) is 0 Å². The van der Waals surface area contributed by atoms with Crippen LogP contribution >= 0.6 is 0 Å². The molecule has 172 valence electrons. The third-order valence-corrected chi connectivity index (χ3v) is 6.58. The number of aromatic nitrogens is 3. The molecule has 1 amide bonds. The normalized spacial score (nSPS) is 19.2. The van der Waals surface area contributed by atoms with Gasteiger partial charge in [-0.25, -0.2) is 9.78 Å². The van der Waals surface area contributed by atoms with E-state index in [9.17, 15) is 9.59 Å². The number of carboxylic acid groups (broad SMARTS) is 1. The molecular formula is C24H27N5O4. The molecule has 0 saturated carbocycles. The highest BCUT2D eigenvalue weighted by atomic mass is 16.5. The van der Waals surface area contributed by atoms with Crippen LogP contribution in [0.4, 0.5) is 10.7 Å². The Morgan fingerprint density at radius 2 is 1.97 bits per heavy atom. The number of amides is 1. The fourth-order valence-corrected chi connectivity index (χ4v) is 4.72. The van der Waals surface area contributed by atoms with Crippen LogP contribution in [0.1, 0.15) is 30.9 Å². The monoisotopic (exact) mass is 449 g/mol. The number of pyridine rings is 1. The largest absolute Gasteiger partial charge is 0.465 e. The predicted molar refractivity (Wildman–Crippen MR) is 125 cm³/mol. The summed E-state index contributed by atoms with van der Waals surface area (Å²) in [5.41, 5.74) is 3.09. The van der Waals surface area contributed by atoms with Crippen LogP contribution in [-0.2, 0) is 4.74 Å². The number of anilines is 1. The molecule has 9 nitrogen and oxygen atoms in total. The lowest BCUT2D eigenvalue weighted by Crippen LogP contribution is -2.41. The van der Waals surface area contributed by atoms with Gasteiger partial charge >= 0.3 is 6.09 Å². The molecule has 2 N–H and O–H groups in total. The van der Waals surface area contributed by atoms with Gasteiger partial charge in [-0.3, -0.25) is 9.36 Å². The number of fused-ring (bicyclic) bond motifs is 1. The number of ether oxygens (including phenoxy) is 1. The van der Waals surface area contributed by atoms with E-state index in [0.717, 1.165) is 22.9 Å². The minimum Gasteiger partial charge on any atom is -0.465 e. The van der Waals surface area contributed by atoms with Crippen molar-refractivity contribution < 1.29 is 14.6 Å². The molecule has 9 heteroatoms. The lowest BCUT2D eigenvalue weighted by molar-refractivity contribution is 0.133. The van der Waals surface area contributed by atoms with E-state index in [1.807, 2.05) is 37.3 Å². The van der Waals surface area contributed by atoms with Gasteiger partial charge in [-0.1, -0.05) is 24.3 Å². The molecule has 5 rings (SSSR count). The molecule has 1 unspecified atom stereocenters. The number of nitrogens with one attached hydrogen (secondary N) is 1. The number of piperidine rings is 1. The van der Waals surface area contributed by atoms with Crippen molar-refractivity contribution in [3.05, 3.63) is 52.4 Å². The van der Waals surface area contributed by atoms with E-state index < -0.39 is 6.09 Å². The van der Waals surface area contributed by atoms with Gasteiger partial charge in [0, 0.05) is 42.9 Å². The summed E-state index contributed by atoms with van der Waals surface area (Å²) in [6.07, 6.45) is 2.99. The fraction of sp³-hybridized carbons (Fsp3) is 0.417. The summed E-state index contributed by atoms with van der Waals surface area (Å²) in [5.74, 6) is 0.451. The highest BCUT2D eigenvalue weighted by Gasteiger charge is 2.25. The van der Waals surface area contributed by atoms with Gasteiger partial charge in [-0.05, 0) is 43.4 Å². The smallest absolute Gasteiger partial charge is 0.407 e. The van der Waals surface area contributed by atoms with Gasteiger partial charge in [0.05, 0.1) is 12.6 Å². The molecule has 3 aromatic rings. The first-order valence-corrected chi connectivity index (χ1v) is 11.3. The average Bonchev–Trinajstić information content (AvgIpc) is 3.34. The number of hydrogen-bond donors (Lipinski definition) is 2. The van der Waals surface area contributed by atoms with Crippen LogP contribution in [0.5, 0.6) is 0 Å².